The third-order valence-corrected chi connectivity index (χ3v) is 3.76. The van der Waals surface area contributed by atoms with Gasteiger partial charge in [0.25, 0.3) is 0 Å². The van der Waals surface area contributed by atoms with Gasteiger partial charge in [0.1, 0.15) is 5.75 Å². The number of rotatable bonds is 2. The Morgan fingerprint density at radius 1 is 1.18 bits per heavy atom. The van der Waals surface area contributed by atoms with E-state index in [2.05, 4.69) is 53.9 Å². The molecule has 0 aliphatic carbocycles. The average molecular weight is 298 g/mol. The molecule has 1 aliphatic heterocycles. The van der Waals surface area contributed by atoms with E-state index in [1.54, 1.807) is 0 Å². The van der Waals surface area contributed by atoms with Gasteiger partial charge in [-0.1, -0.05) is 0 Å². The van der Waals surface area contributed by atoms with Crippen LogP contribution in [-0.4, -0.2) is 31.1 Å². The van der Waals surface area contributed by atoms with E-state index in [-0.39, 0.29) is 6.10 Å². The van der Waals surface area contributed by atoms with Gasteiger partial charge in [0.05, 0.1) is 10.6 Å². The van der Waals surface area contributed by atoms with E-state index in [0.717, 1.165) is 36.2 Å². The number of ether oxygens (including phenoxy) is 1. The molecule has 1 aliphatic rings. The van der Waals surface area contributed by atoms with Crippen molar-refractivity contribution in [1.29, 1.82) is 0 Å². The van der Waals surface area contributed by atoms with Crippen LogP contribution in [0.3, 0.4) is 0 Å². The van der Waals surface area contributed by atoms with Gasteiger partial charge >= 0.3 is 0 Å². The summed E-state index contributed by atoms with van der Waals surface area (Å²) in [5, 5.41) is 0. The van der Waals surface area contributed by atoms with Crippen LogP contribution >= 0.6 is 15.9 Å². The molecule has 1 aromatic carbocycles. The van der Waals surface area contributed by atoms with E-state index in [0.29, 0.717) is 0 Å². The molecule has 0 amide bonds. The second kappa shape index (κ2) is 5.40. The summed E-state index contributed by atoms with van der Waals surface area (Å²) in [5.74, 6) is 0.975. The number of benzene rings is 1. The van der Waals surface area contributed by atoms with Gasteiger partial charge in [0.2, 0.25) is 0 Å². The molecule has 1 heterocycles. The predicted molar refractivity (Wildman–Crippen MR) is 74.8 cm³/mol. The molecule has 0 fully saturated rings. The fourth-order valence-electron chi connectivity index (χ4n) is 2.18. The summed E-state index contributed by atoms with van der Waals surface area (Å²) in [7, 11) is 2.19. The smallest absolute Gasteiger partial charge is 0.134 e. The largest absolute Gasteiger partial charge is 0.490 e. The molecule has 2 nitrogen and oxygen atoms in total. The maximum atomic E-state index is 5.82. The summed E-state index contributed by atoms with van der Waals surface area (Å²) >= 11 is 3.61. The third kappa shape index (κ3) is 3.23. The van der Waals surface area contributed by atoms with Crippen molar-refractivity contribution in [2.75, 3.05) is 20.1 Å². The van der Waals surface area contributed by atoms with Gasteiger partial charge in [0.15, 0.2) is 0 Å². The van der Waals surface area contributed by atoms with Crippen LogP contribution in [0.25, 0.3) is 0 Å². The summed E-state index contributed by atoms with van der Waals surface area (Å²) in [6.45, 7) is 6.40. The predicted octanol–water partition coefficient (Wildman–Crippen LogP) is 3.27. The van der Waals surface area contributed by atoms with Crippen molar-refractivity contribution in [2.24, 2.45) is 0 Å². The maximum Gasteiger partial charge on any atom is 0.134 e. The van der Waals surface area contributed by atoms with Gasteiger partial charge in [-0.3, -0.25) is 0 Å². The lowest BCUT2D eigenvalue weighted by Crippen LogP contribution is -2.20. The minimum absolute atomic E-state index is 0.220. The minimum atomic E-state index is 0.220. The van der Waals surface area contributed by atoms with E-state index in [1.807, 2.05) is 0 Å². The molecule has 0 bridgehead atoms. The first-order chi connectivity index (χ1) is 8.06. The molecule has 2 rings (SSSR count). The average Bonchev–Trinajstić information content (AvgIpc) is 2.42. The van der Waals surface area contributed by atoms with Crippen LogP contribution in [0, 0.1) is 0 Å². The first-order valence-corrected chi connectivity index (χ1v) is 7.02. The van der Waals surface area contributed by atoms with Gasteiger partial charge in [-0.2, -0.15) is 0 Å². The molecule has 0 saturated heterocycles. The summed E-state index contributed by atoms with van der Waals surface area (Å²) in [6.07, 6.45) is 2.47. The number of halogens is 1. The Bertz CT molecular complexity index is 403. The van der Waals surface area contributed by atoms with E-state index < -0.39 is 0 Å². The van der Waals surface area contributed by atoms with Gasteiger partial charge in [0, 0.05) is 13.1 Å². The molecule has 17 heavy (non-hydrogen) atoms. The standard InChI is InChI=1S/C14H20BrNO/c1-10(2)17-14-9-12-5-7-16(3)6-4-11(12)8-13(14)15/h8-10H,4-7H2,1-3H3. The molecule has 0 N–H and O–H groups in total. The van der Waals surface area contributed by atoms with Crippen molar-refractivity contribution in [2.45, 2.75) is 32.8 Å². The van der Waals surface area contributed by atoms with Crippen molar-refractivity contribution in [1.82, 2.24) is 4.90 Å². The van der Waals surface area contributed by atoms with Gasteiger partial charge < -0.3 is 9.64 Å². The maximum absolute atomic E-state index is 5.82. The lowest BCUT2D eigenvalue weighted by atomic mass is 10.0. The van der Waals surface area contributed by atoms with Gasteiger partial charge in [-0.15, -0.1) is 0 Å². The number of likely N-dealkylation sites (N-methyl/N-ethyl adjacent to an activating group) is 1. The number of hydrogen-bond donors (Lipinski definition) is 0. The normalized spacial score (nSPS) is 16.8. The van der Waals surface area contributed by atoms with E-state index in [1.165, 1.54) is 11.1 Å². The Hall–Kier alpha value is -0.540. The topological polar surface area (TPSA) is 12.5 Å². The summed E-state index contributed by atoms with van der Waals surface area (Å²) in [4.78, 5) is 2.39. The molecule has 0 spiro atoms. The molecule has 0 aromatic heterocycles. The van der Waals surface area contributed by atoms with Crippen LogP contribution < -0.4 is 4.74 Å². The molecule has 0 saturated carbocycles. The third-order valence-electron chi connectivity index (χ3n) is 3.14. The molecule has 0 atom stereocenters. The highest BCUT2D eigenvalue weighted by Gasteiger charge is 2.14. The quantitative estimate of drug-likeness (QED) is 0.831. The van der Waals surface area contributed by atoms with Crippen LogP contribution in [0.15, 0.2) is 16.6 Å². The Kier molecular flexibility index (Phi) is 4.10. The fourth-order valence-corrected chi connectivity index (χ4v) is 2.67. The highest BCUT2D eigenvalue weighted by Crippen LogP contribution is 2.31. The Labute approximate surface area is 112 Å². The lowest BCUT2D eigenvalue weighted by Gasteiger charge is -2.15. The molecule has 94 valence electrons. The monoisotopic (exact) mass is 297 g/mol. The Morgan fingerprint density at radius 3 is 2.35 bits per heavy atom. The molecule has 3 heteroatoms. The van der Waals surface area contributed by atoms with Crippen molar-refractivity contribution in [3.05, 3.63) is 27.7 Å². The first kappa shape index (κ1) is 12.9. The number of hydrogen-bond acceptors (Lipinski definition) is 2. The zero-order valence-corrected chi connectivity index (χ0v) is 12.4. The van der Waals surface area contributed by atoms with Crippen molar-refractivity contribution < 1.29 is 4.74 Å². The van der Waals surface area contributed by atoms with Crippen LogP contribution in [0.1, 0.15) is 25.0 Å². The number of nitrogens with zero attached hydrogens (tertiary/aromatic N) is 1. The molecule has 0 radical (unpaired) electrons. The van der Waals surface area contributed by atoms with E-state index in [9.17, 15) is 0 Å². The summed E-state index contributed by atoms with van der Waals surface area (Å²) in [5.41, 5.74) is 2.89. The zero-order valence-electron chi connectivity index (χ0n) is 10.8. The Morgan fingerprint density at radius 2 is 1.76 bits per heavy atom. The molecule has 0 unspecified atom stereocenters. The fraction of sp³-hybridized carbons (Fsp3) is 0.571. The van der Waals surface area contributed by atoms with Crippen molar-refractivity contribution in [3.63, 3.8) is 0 Å². The van der Waals surface area contributed by atoms with E-state index in [4.69, 9.17) is 4.74 Å². The summed E-state index contributed by atoms with van der Waals surface area (Å²) in [6, 6.07) is 4.44. The van der Waals surface area contributed by atoms with Crippen LogP contribution in [-0.2, 0) is 12.8 Å². The molecular formula is C14H20BrNO. The highest BCUT2D eigenvalue weighted by molar-refractivity contribution is 9.10. The van der Waals surface area contributed by atoms with Crippen molar-refractivity contribution in [3.8, 4) is 5.75 Å². The SMILES string of the molecule is CC(C)Oc1cc2c(cc1Br)CCN(C)CC2. The van der Waals surface area contributed by atoms with E-state index >= 15 is 0 Å². The lowest BCUT2D eigenvalue weighted by molar-refractivity contribution is 0.240. The second-order valence-corrected chi connectivity index (χ2v) is 5.88. The van der Waals surface area contributed by atoms with Crippen LogP contribution in [0.2, 0.25) is 0 Å². The van der Waals surface area contributed by atoms with Gasteiger partial charge in [-0.25, -0.2) is 0 Å². The number of fused-ring (bicyclic) bond motifs is 1. The second-order valence-electron chi connectivity index (χ2n) is 5.02. The van der Waals surface area contributed by atoms with Gasteiger partial charge in [-0.05, 0) is 72.9 Å². The highest BCUT2D eigenvalue weighted by atomic mass is 79.9. The van der Waals surface area contributed by atoms with Crippen LogP contribution in [0.4, 0.5) is 0 Å². The first-order valence-electron chi connectivity index (χ1n) is 6.22. The minimum Gasteiger partial charge on any atom is -0.490 e. The zero-order chi connectivity index (χ0) is 12.4. The molecule has 1 aromatic rings. The van der Waals surface area contributed by atoms with Crippen molar-refractivity contribution >= 4 is 15.9 Å². The van der Waals surface area contributed by atoms with Crippen LogP contribution in [0.5, 0.6) is 5.75 Å². The Balaban J connectivity index is 2.29. The summed E-state index contributed by atoms with van der Waals surface area (Å²) < 4.78 is 6.90. The molecular weight excluding hydrogens is 278 g/mol.